The van der Waals surface area contributed by atoms with Gasteiger partial charge in [0, 0.05) is 12.7 Å². The van der Waals surface area contributed by atoms with E-state index in [1.54, 1.807) is 6.07 Å². The SMILES string of the molecule is COc1cc(C#N)ccc1OCC(=O)NC1(CC(=O)O)CCOC1. The van der Waals surface area contributed by atoms with Crippen LogP contribution in [0.5, 0.6) is 11.5 Å². The van der Waals surface area contributed by atoms with Gasteiger partial charge in [-0.3, -0.25) is 9.59 Å². The van der Waals surface area contributed by atoms with Gasteiger partial charge < -0.3 is 24.6 Å². The van der Waals surface area contributed by atoms with Gasteiger partial charge >= 0.3 is 5.97 Å². The minimum atomic E-state index is -1.00. The van der Waals surface area contributed by atoms with Crippen molar-refractivity contribution < 1.29 is 28.9 Å². The Labute approximate surface area is 138 Å². The van der Waals surface area contributed by atoms with Gasteiger partial charge in [-0.1, -0.05) is 0 Å². The maximum atomic E-state index is 12.1. The van der Waals surface area contributed by atoms with Crippen molar-refractivity contribution in [3.8, 4) is 17.6 Å². The molecule has 1 aliphatic rings. The summed E-state index contributed by atoms with van der Waals surface area (Å²) in [5, 5.41) is 20.5. The van der Waals surface area contributed by atoms with E-state index in [2.05, 4.69) is 5.32 Å². The van der Waals surface area contributed by atoms with E-state index in [1.807, 2.05) is 6.07 Å². The van der Waals surface area contributed by atoms with Gasteiger partial charge in [0.2, 0.25) is 0 Å². The van der Waals surface area contributed by atoms with Crippen molar-refractivity contribution in [1.82, 2.24) is 5.32 Å². The highest BCUT2D eigenvalue weighted by molar-refractivity contribution is 5.80. The Morgan fingerprint density at radius 1 is 1.46 bits per heavy atom. The highest BCUT2D eigenvalue weighted by Gasteiger charge is 2.38. The molecule has 2 rings (SSSR count). The van der Waals surface area contributed by atoms with Crippen LogP contribution in [0.4, 0.5) is 0 Å². The van der Waals surface area contributed by atoms with Gasteiger partial charge in [-0.2, -0.15) is 5.26 Å². The highest BCUT2D eigenvalue weighted by Crippen LogP contribution is 2.28. The fraction of sp³-hybridized carbons (Fsp3) is 0.438. The zero-order valence-corrected chi connectivity index (χ0v) is 13.2. The van der Waals surface area contributed by atoms with Gasteiger partial charge in [0.05, 0.1) is 37.3 Å². The number of amides is 1. The largest absolute Gasteiger partial charge is 0.493 e. The lowest BCUT2D eigenvalue weighted by Crippen LogP contribution is -2.51. The average molecular weight is 334 g/mol. The van der Waals surface area contributed by atoms with Crippen LogP contribution in [0.25, 0.3) is 0 Å². The van der Waals surface area contributed by atoms with Crippen LogP contribution in [0.1, 0.15) is 18.4 Å². The molecule has 8 nitrogen and oxygen atoms in total. The van der Waals surface area contributed by atoms with E-state index in [4.69, 9.17) is 24.6 Å². The third-order valence-electron chi connectivity index (χ3n) is 3.65. The number of aliphatic carboxylic acids is 1. The molecular weight excluding hydrogens is 316 g/mol. The summed E-state index contributed by atoms with van der Waals surface area (Å²) in [4.78, 5) is 23.1. The second-order valence-corrected chi connectivity index (χ2v) is 5.47. The Hall–Kier alpha value is -2.79. The first-order valence-corrected chi connectivity index (χ1v) is 7.29. The number of hydrogen-bond acceptors (Lipinski definition) is 6. The Balaban J connectivity index is 1.98. The normalized spacial score (nSPS) is 19.3. The van der Waals surface area contributed by atoms with E-state index >= 15 is 0 Å². The molecule has 0 aromatic heterocycles. The zero-order chi connectivity index (χ0) is 17.6. The summed E-state index contributed by atoms with van der Waals surface area (Å²) in [6.07, 6.45) is 0.226. The Morgan fingerprint density at radius 3 is 2.83 bits per heavy atom. The number of methoxy groups -OCH3 is 1. The molecule has 1 aromatic rings. The van der Waals surface area contributed by atoms with E-state index in [-0.39, 0.29) is 19.6 Å². The van der Waals surface area contributed by atoms with Crippen LogP contribution in [-0.4, -0.2) is 49.5 Å². The van der Waals surface area contributed by atoms with Crippen molar-refractivity contribution in [3.05, 3.63) is 23.8 Å². The number of ether oxygens (including phenoxy) is 3. The maximum absolute atomic E-state index is 12.1. The monoisotopic (exact) mass is 334 g/mol. The molecule has 0 bridgehead atoms. The minimum Gasteiger partial charge on any atom is -0.493 e. The molecule has 128 valence electrons. The van der Waals surface area contributed by atoms with Crippen LogP contribution in [0.2, 0.25) is 0 Å². The number of rotatable bonds is 7. The molecule has 1 fully saturated rings. The number of benzene rings is 1. The smallest absolute Gasteiger partial charge is 0.305 e. The Morgan fingerprint density at radius 2 is 2.25 bits per heavy atom. The van der Waals surface area contributed by atoms with Crippen molar-refractivity contribution in [2.45, 2.75) is 18.4 Å². The van der Waals surface area contributed by atoms with Gasteiger partial charge in [0.25, 0.3) is 5.91 Å². The molecule has 0 aliphatic carbocycles. The molecule has 1 saturated heterocycles. The van der Waals surface area contributed by atoms with Gasteiger partial charge in [-0.25, -0.2) is 0 Å². The molecule has 0 radical (unpaired) electrons. The second kappa shape index (κ2) is 7.66. The highest BCUT2D eigenvalue weighted by atomic mass is 16.5. The van der Waals surface area contributed by atoms with Crippen molar-refractivity contribution in [3.63, 3.8) is 0 Å². The number of carboxylic acids is 1. The summed E-state index contributed by atoms with van der Waals surface area (Å²) < 4.78 is 15.8. The van der Waals surface area contributed by atoms with Crippen molar-refractivity contribution in [1.29, 1.82) is 5.26 Å². The number of carboxylic acid groups (broad SMARTS) is 1. The Kier molecular flexibility index (Phi) is 5.60. The van der Waals surface area contributed by atoms with E-state index in [0.717, 1.165) is 0 Å². The lowest BCUT2D eigenvalue weighted by Gasteiger charge is -2.27. The number of hydrogen-bond donors (Lipinski definition) is 2. The molecule has 0 spiro atoms. The average Bonchev–Trinajstić information content (AvgIpc) is 2.99. The second-order valence-electron chi connectivity index (χ2n) is 5.47. The lowest BCUT2D eigenvalue weighted by molar-refractivity contribution is -0.139. The number of nitriles is 1. The molecule has 1 amide bonds. The molecule has 1 aliphatic heterocycles. The fourth-order valence-electron chi connectivity index (χ4n) is 2.51. The summed E-state index contributed by atoms with van der Waals surface area (Å²) >= 11 is 0. The number of nitrogens with one attached hydrogen (secondary N) is 1. The van der Waals surface area contributed by atoms with Crippen molar-refractivity contribution in [2.75, 3.05) is 26.9 Å². The van der Waals surface area contributed by atoms with E-state index in [9.17, 15) is 9.59 Å². The number of carbonyl (C=O) groups excluding carboxylic acids is 1. The minimum absolute atomic E-state index is 0.158. The first-order valence-electron chi connectivity index (χ1n) is 7.29. The summed E-state index contributed by atoms with van der Waals surface area (Å²) in [5.41, 5.74) is -0.492. The van der Waals surface area contributed by atoms with Crippen LogP contribution in [0.15, 0.2) is 18.2 Å². The van der Waals surface area contributed by atoms with Gasteiger partial charge in [0.15, 0.2) is 18.1 Å². The lowest BCUT2D eigenvalue weighted by atomic mass is 9.94. The molecule has 1 atom stereocenters. The van der Waals surface area contributed by atoms with Gasteiger partial charge in [-0.15, -0.1) is 0 Å². The van der Waals surface area contributed by atoms with Crippen LogP contribution in [-0.2, 0) is 14.3 Å². The molecule has 1 unspecified atom stereocenters. The third kappa shape index (κ3) is 4.36. The maximum Gasteiger partial charge on any atom is 0.305 e. The molecule has 24 heavy (non-hydrogen) atoms. The molecule has 0 saturated carbocycles. The van der Waals surface area contributed by atoms with Crippen LogP contribution in [0, 0.1) is 11.3 Å². The van der Waals surface area contributed by atoms with Crippen LogP contribution >= 0.6 is 0 Å². The van der Waals surface area contributed by atoms with Crippen molar-refractivity contribution in [2.24, 2.45) is 0 Å². The zero-order valence-electron chi connectivity index (χ0n) is 13.2. The predicted molar refractivity (Wildman–Crippen MR) is 81.8 cm³/mol. The van der Waals surface area contributed by atoms with Gasteiger partial charge in [-0.05, 0) is 18.6 Å². The van der Waals surface area contributed by atoms with Crippen LogP contribution in [0.3, 0.4) is 0 Å². The predicted octanol–water partition coefficient (Wildman–Crippen LogP) is 0.696. The molecule has 8 heteroatoms. The first kappa shape index (κ1) is 17.6. The molecule has 2 N–H and O–H groups in total. The van der Waals surface area contributed by atoms with Crippen LogP contribution < -0.4 is 14.8 Å². The number of nitrogens with zero attached hydrogens (tertiary/aromatic N) is 1. The fourth-order valence-corrected chi connectivity index (χ4v) is 2.51. The third-order valence-corrected chi connectivity index (χ3v) is 3.65. The Bertz CT molecular complexity index is 661. The topological polar surface area (TPSA) is 118 Å². The number of carbonyl (C=O) groups is 2. The first-order chi connectivity index (χ1) is 11.5. The van der Waals surface area contributed by atoms with Crippen molar-refractivity contribution >= 4 is 11.9 Å². The van der Waals surface area contributed by atoms with Gasteiger partial charge in [0.1, 0.15) is 0 Å². The van der Waals surface area contributed by atoms with E-state index in [1.165, 1.54) is 19.2 Å². The summed E-state index contributed by atoms with van der Waals surface area (Å²) in [6.45, 7) is 0.257. The standard InChI is InChI=1S/C16H18N2O6/c1-22-13-6-11(8-17)2-3-12(13)24-9-14(19)18-16(7-15(20)21)4-5-23-10-16/h2-3,6H,4-5,7,9-10H2,1H3,(H,18,19)(H,20,21). The molecule has 1 aromatic carbocycles. The van der Waals surface area contributed by atoms with E-state index < -0.39 is 17.4 Å². The molecule has 1 heterocycles. The summed E-state index contributed by atoms with van der Waals surface area (Å²) in [5.74, 6) is -0.795. The quantitative estimate of drug-likeness (QED) is 0.753. The summed E-state index contributed by atoms with van der Waals surface area (Å²) in [7, 11) is 1.43. The summed E-state index contributed by atoms with van der Waals surface area (Å²) in [6, 6.07) is 6.57. The molecular formula is C16H18N2O6. The van der Waals surface area contributed by atoms with E-state index in [0.29, 0.717) is 30.1 Å².